The van der Waals surface area contributed by atoms with Crippen LogP contribution in [0.2, 0.25) is 0 Å². The van der Waals surface area contributed by atoms with Crippen LogP contribution in [0.1, 0.15) is 0 Å². The van der Waals surface area contributed by atoms with Crippen LogP contribution < -0.4 is 16.0 Å². The fraction of sp³-hybridized carbons (Fsp3) is 0.417. The van der Waals surface area contributed by atoms with Crippen LogP contribution in [-0.2, 0) is 9.53 Å². The quantitative estimate of drug-likeness (QED) is 0.797. The van der Waals surface area contributed by atoms with Gasteiger partial charge in [0.05, 0.1) is 29.1 Å². The molecular weight excluding hydrogens is 317 g/mol. The number of amides is 1. The molecule has 1 aromatic rings. The molecule has 7 heteroatoms. The number of morpholine rings is 1. The van der Waals surface area contributed by atoms with E-state index in [1.54, 1.807) is 13.1 Å². The third kappa shape index (κ3) is 2.82. The molecule has 1 atom stereocenters. The summed E-state index contributed by atoms with van der Waals surface area (Å²) in [6, 6.07) is 2.38. The number of ether oxygens (including phenoxy) is 1. The SMILES string of the molecule is CNC(=O)C1COCCN1c1cc(Br)c(F)cc1N. The molecule has 19 heavy (non-hydrogen) atoms. The Morgan fingerprint density at radius 2 is 2.37 bits per heavy atom. The van der Waals surface area contributed by atoms with E-state index < -0.39 is 11.9 Å². The number of nitrogen functional groups attached to an aromatic ring is 1. The molecule has 0 aliphatic carbocycles. The molecule has 5 nitrogen and oxygen atoms in total. The van der Waals surface area contributed by atoms with Crippen LogP contribution in [-0.4, -0.2) is 38.8 Å². The number of likely N-dealkylation sites (N-methyl/N-ethyl adjacent to an activating group) is 1. The largest absolute Gasteiger partial charge is 0.397 e. The average molecular weight is 332 g/mol. The topological polar surface area (TPSA) is 67.6 Å². The van der Waals surface area contributed by atoms with Crippen LogP contribution in [0, 0.1) is 5.82 Å². The Bertz CT molecular complexity index is 498. The molecule has 1 aliphatic heterocycles. The highest BCUT2D eigenvalue weighted by Gasteiger charge is 2.30. The van der Waals surface area contributed by atoms with Crippen LogP contribution in [0.15, 0.2) is 16.6 Å². The lowest BCUT2D eigenvalue weighted by atomic mass is 10.1. The van der Waals surface area contributed by atoms with E-state index in [0.29, 0.717) is 29.0 Å². The molecule has 3 N–H and O–H groups in total. The lowest BCUT2D eigenvalue weighted by Gasteiger charge is -2.36. The van der Waals surface area contributed by atoms with Crippen LogP contribution in [0.4, 0.5) is 15.8 Å². The van der Waals surface area contributed by atoms with Gasteiger partial charge in [-0.25, -0.2) is 4.39 Å². The van der Waals surface area contributed by atoms with Crippen LogP contribution in [0.5, 0.6) is 0 Å². The molecule has 0 radical (unpaired) electrons. The van der Waals surface area contributed by atoms with E-state index in [1.165, 1.54) is 6.07 Å². The first kappa shape index (κ1) is 14.1. The number of anilines is 2. The maximum Gasteiger partial charge on any atom is 0.244 e. The second-order valence-corrected chi connectivity index (χ2v) is 5.08. The summed E-state index contributed by atoms with van der Waals surface area (Å²) in [4.78, 5) is 13.7. The number of hydrogen-bond donors (Lipinski definition) is 2. The molecule has 0 bridgehead atoms. The summed E-state index contributed by atoms with van der Waals surface area (Å²) in [5.41, 5.74) is 6.78. The van der Waals surface area contributed by atoms with Gasteiger partial charge in [0.1, 0.15) is 11.9 Å². The van der Waals surface area contributed by atoms with Crippen molar-refractivity contribution in [3.63, 3.8) is 0 Å². The lowest BCUT2D eigenvalue weighted by molar-refractivity contribution is -0.124. The summed E-state index contributed by atoms with van der Waals surface area (Å²) in [5, 5.41) is 2.59. The number of hydrogen-bond acceptors (Lipinski definition) is 4. The molecule has 1 fully saturated rings. The summed E-state index contributed by atoms with van der Waals surface area (Å²) in [6.45, 7) is 1.32. The molecule has 1 aliphatic rings. The van der Waals surface area contributed by atoms with Gasteiger partial charge in [-0.15, -0.1) is 0 Å². The van der Waals surface area contributed by atoms with Crippen molar-refractivity contribution < 1.29 is 13.9 Å². The molecule has 1 saturated heterocycles. The van der Waals surface area contributed by atoms with Crippen molar-refractivity contribution in [2.24, 2.45) is 0 Å². The summed E-state index contributed by atoms with van der Waals surface area (Å²) < 4.78 is 19.0. The van der Waals surface area contributed by atoms with Crippen molar-refractivity contribution in [1.82, 2.24) is 5.32 Å². The predicted octanol–water partition coefficient (Wildman–Crippen LogP) is 1.12. The van der Waals surface area contributed by atoms with Crippen molar-refractivity contribution >= 4 is 33.2 Å². The maximum atomic E-state index is 13.4. The van der Waals surface area contributed by atoms with Gasteiger partial charge in [0.25, 0.3) is 0 Å². The van der Waals surface area contributed by atoms with Gasteiger partial charge >= 0.3 is 0 Å². The van der Waals surface area contributed by atoms with Gasteiger partial charge in [0, 0.05) is 19.7 Å². The standard InChI is InChI=1S/C12H15BrFN3O2/c1-16-12(18)11-6-19-3-2-17(11)10-4-7(13)8(14)5-9(10)15/h4-5,11H,2-3,6,15H2,1H3,(H,16,18). The molecule has 0 spiro atoms. The van der Waals surface area contributed by atoms with Gasteiger partial charge in [0.15, 0.2) is 0 Å². The van der Waals surface area contributed by atoms with E-state index in [4.69, 9.17) is 10.5 Å². The van der Waals surface area contributed by atoms with E-state index in [0.717, 1.165) is 0 Å². The van der Waals surface area contributed by atoms with E-state index in [9.17, 15) is 9.18 Å². The summed E-state index contributed by atoms with van der Waals surface area (Å²) in [5.74, 6) is -0.578. The average Bonchev–Trinajstić information content (AvgIpc) is 2.42. The van der Waals surface area contributed by atoms with Crippen molar-refractivity contribution in [2.45, 2.75) is 6.04 Å². The Hall–Kier alpha value is -1.34. The number of nitrogens with two attached hydrogens (primary N) is 1. The summed E-state index contributed by atoms with van der Waals surface area (Å²) in [7, 11) is 1.57. The van der Waals surface area contributed by atoms with Gasteiger partial charge in [-0.05, 0) is 22.0 Å². The van der Waals surface area contributed by atoms with Crippen LogP contribution in [0.25, 0.3) is 0 Å². The second kappa shape index (κ2) is 5.75. The number of carbonyl (C=O) groups excluding carboxylic acids is 1. The monoisotopic (exact) mass is 331 g/mol. The highest BCUT2D eigenvalue weighted by Crippen LogP contribution is 2.31. The van der Waals surface area contributed by atoms with E-state index in [-0.39, 0.29) is 12.5 Å². The van der Waals surface area contributed by atoms with Gasteiger partial charge in [-0.3, -0.25) is 4.79 Å². The zero-order valence-electron chi connectivity index (χ0n) is 10.5. The number of benzene rings is 1. The molecule has 1 amide bonds. The van der Waals surface area contributed by atoms with Crippen molar-refractivity contribution in [3.05, 3.63) is 22.4 Å². The Morgan fingerprint density at radius 3 is 3.05 bits per heavy atom. The van der Waals surface area contributed by atoms with E-state index in [2.05, 4.69) is 21.2 Å². The highest BCUT2D eigenvalue weighted by molar-refractivity contribution is 9.10. The molecule has 1 aromatic carbocycles. The second-order valence-electron chi connectivity index (χ2n) is 4.22. The molecule has 2 rings (SSSR count). The van der Waals surface area contributed by atoms with E-state index >= 15 is 0 Å². The first-order valence-electron chi connectivity index (χ1n) is 5.85. The fourth-order valence-corrected chi connectivity index (χ4v) is 2.41. The highest BCUT2D eigenvalue weighted by atomic mass is 79.9. The number of halogens is 2. The summed E-state index contributed by atoms with van der Waals surface area (Å²) in [6.07, 6.45) is 0. The number of nitrogens with one attached hydrogen (secondary N) is 1. The van der Waals surface area contributed by atoms with Crippen molar-refractivity contribution in [1.29, 1.82) is 0 Å². The lowest BCUT2D eigenvalue weighted by Crippen LogP contribution is -2.53. The molecule has 1 unspecified atom stereocenters. The Morgan fingerprint density at radius 1 is 1.63 bits per heavy atom. The zero-order chi connectivity index (χ0) is 14.0. The van der Waals surface area contributed by atoms with Gasteiger partial charge < -0.3 is 20.7 Å². The van der Waals surface area contributed by atoms with Gasteiger partial charge in [-0.2, -0.15) is 0 Å². The van der Waals surface area contributed by atoms with Gasteiger partial charge in [0.2, 0.25) is 5.91 Å². The number of nitrogens with zero attached hydrogens (tertiary/aromatic N) is 1. The minimum Gasteiger partial charge on any atom is -0.397 e. The van der Waals surface area contributed by atoms with Crippen LogP contribution in [0.3, 0.4) is 0 Å². The molecule has 104 valence electrons. The maximum absolute atomic E-state index is 13.4. The van der Waals surface area contributed by atoms with Gasteiger partial charge in [-0.1, -0.05) is 0 Å². The minimum absolute atomic E-state index is 0.153. The minimum atomic E-state index is -0.460. The summed E-state index contributed by atoms with van der Waals surface area (Å²) >= 11 is 3.13. The van der Waals surface area contributed by atoms with E-state index in [1.807, 2.05) is 4.90 Å². The first-order chi connectivity index (χ1) is 9.04. The Balaban J connectivity index is 2.37. The van der Waals surface area contributed by atoms with Crippen molar-refractivity contribution in [3.8, 4) is 0 Å². The molecular formula is C12H15BrFN3O2. The molecule has 1 heterocycles. The van der Waals surface area contributed by atoms with Crippen LogP contribution >= 0.6 is 15.9 Å². The third-order valence-electron chi connectivity index (χ3n) is 3.06. The molecule has 0 aromatic heterocycles. The smallest absolute Gasteiger partial charge is 0.244 e. The number of carbonyl (C=O) groups is 1. The zero-order valence-corrected chi connectivity index (χ0v) is 12.0. The normalized spacial score (nSPS) is 19.3. The first-order valence-corrected chi connectivity index (χ1v) is 6.64. The predicted molar refractivity (Wildman–Crippen MR) is 74.5 cm³/mol. The van der Waals surface area contributed by atoms with Crippen molar-refractivity contribution in [2.75, 3.05) is 37.4 Å². The molecule has 0 saturated carbocycles. The Labute approximate surface area is 119 Å². The Kier molecular flexibility index (Phi) is 4.26. The third-order valence-corrected chi connectivity index (χ3v) is 3.66. The number of rotatable bonds is 2. The fourth-order valence-electron chi connectivity index (χ4n) is 2.08.